The maximum Gasteiger partial charge on any atom is 0.222 e. The minimum absolute atomic E-state index is 0.149. The van der Waals surface area contributed by atoms with Gasteiger partial charge in [-0.1, -0.05) is 6.07 Å². The lowest BCUT2D eigenvalue weighted by Crippen LogP contribution is -2.20. The molecule has 1 aromatic carbocycles. The highest BCUT2D eigenvalue weighted by Crippen LogP contribution is 2.37. The third-order valence-electron chi connectivity index (χ3n) is 4.33. The molecule has 0 radical (unpaired) electrons. The molecular weight excluding hydrogens is 346 g/mol. The highest BCUT2D eigenvalue weighted by Gasteiger charge is 2.21. The minimum Gasteiger partial charge on any atom is -0.497 e. The molecule has 0 N–H and O–H groups in total. The van der Waals surface area contributed by atoms with Gasteiger partial charge in [0.25, 0.3) is 0 Å². The zero-order chi connectivity index (χ0) is 18.6. The van der Waals surface area contributed by atoms with E-state index in [1.54, 1.807) is 19.5 Å². The summed E-state index contributed by atoms with van der Waals surface area (Å²) in [6.07, 6.45) is 3.25. The predicted octanol–water partition coefficient (Wildman–Crippen LogP) is 2.93. The standard InChI is InChI=1S/C20H17N3O4/c1-24-14-4-5-16-17(7-14)19(13-3-2-6-22-9-13)18(8-21)23-20(16)26-11-15-10-25-12-27-15/h2-7,9,15H,10-12H2,1H3. The molecule has 4 rings (SSSR count). The van der Waals surface area contributed by atoms with Crippen molar-refractivity contribution in [3.8, 4) is 28.8 Å². The molecule has 136 valence electrons. The van der Waals surface area contributed by atoms with Crippen LogP contribution in [0.5, 0.6) is 11.6 Å². The summed E-state index contributed by atoms with van der Waals surface area (Å²) in [7, 11) is 1.60. The van der Waals surface area contributed by atoms with E-state index in [9.17, 15) is 5.26 Å². The van der Waals surface area contributed by atoms with Crippen molar-refractivity contribution in [1.82, 2.24) is 9.97 Å². The Morgan fingerprint density at radius 1 is 1.30 bits per heavy atom. The molecule has 7 heteroatoms. The number of aromatic nitrogens is 2. The van der Waals surface area contributed by atoms with Crippen LogP contribution in [-0.4, -0.2) is 43.2 Å². The number of benzene rings is 1. The maximum absolute atomic E-state index is 9.71. The van der Waals surface area contributed by atoms with E-state index >= 15 is 0 Å². The van der Waals surface area contributed by atoms with Crippen molar-refractivity contribution in [3.05, 3.63) is 48.4 Å². The van der Waals surface area contributed by atoms with Crippen molar-refractivity contribution < 1.29 is 18.9 Å². The normalized spacial score (nSPS) is 16.2. The largest absolute Gasteiger partial charge is 0.497 e. The van der Waals surface area contributed by atoms with Gasteiger partial charge in [0.15, 0.2) is 5.69 Å². The summed E-state index contributed by atoms with van der Waals surface area (Å²) < 4.78 is 21.8. The smallest absolute Gasteiger partial charge is 0.222 e. The van der Waals surface area contributed by atoms with E-state index < -0.39 is 0 Å². The first kappa shape index (κ1) is 17.2. The molecule has 1 atom stereocenters. The summed E-state index contributed by atoms with van der Waals surface area (Å²) in [6, 6.07) is 11.5. The van der Waals surface area contributed by atoms with Gasteiger partial charge in [0.1, 0.15) is 31.3 Å². The molecule has 1 fully saturated rings. The van der Waals surface area contributed by atoms with Gasteiger partial charge in [0, 0.05) is 34.3 Å². The quantitative estimate of drug-likeness (QED) is 0.689. The molecule has 1 aliphatic rings. The number of hydrogen-bond donors (Lipinski definition) is 0. The summed E-state index contributed by atoms with van der Waals surface area (Å²) in [5, 5.41) is 11.3. The monoisotopic (exact) mass is 363 g/mol. The first-order valence-corrected chi connectivity index (χ1v) is 8.44. The number of ether oxygens (including phenoxy) is 4. The van der Waals surface area contributed by atoms with Crippen molar-refractivity contribution in [3.63, 3.8) is 0 Å². The first-order chi connectivity index (χ1) is 13.3. The number of methoxy groups -OCH3 is 1. The van der Waals surface area contributed by atoms with E-state index in [2.05, 4.69) is 16.0 Å². The topological polar surface area (TPSA) is 86.5 Å². The highest BCUT2D eigenvalue weighted by molar-refractivity contribution is 6.01. The van der Waals surface area contributed by atoms with Crippen LogP contribution in [-0.2, 0) is 9.47 Å². The van der Waals surface area contributed by atoms with Gasteiger partial charge in [-0.2, -0.15) is 5.26 Å². The molecule has 0 aliphatic carbocycles. The van der Waals surface area contributed by atoms with Crippen LogP contribution in [0.2, 0.25) is 0 Å². The van der Waals surface area contributed by atoms with Crippen molar-refractivity contribution in [2.75, 3.05) is 27.1 Å². The summed E-state index contributed by atoms with van der Waals surface area (Å²) in [4.78, 5) is 8.63. The summed E-state index contributed by atoms with van der Waals surface area (Å²) in [6.45, 7) is 1.04. The van der Waals surface area contributed by atoms with Gasteiger partial charge in [-0.15, -0.1) is 0 Å². The van der Waals surface area contributed by atoms with E-state index in [1.807, 2.05) is 30.3 Å². The van der Waals surface area contributed by atoms with Crippen molar-refractivity contribution >= 4 is 10.8 Å². The molecule has 27 heavy (non-hydrogen) atoms. The second-order valence-corrected chi connectivity index (χ2v) is 5.99. The predicted molar refractivity (Wildman–Crippen MR) is 97.4 cm³/mol. The average Bonchev–Trinajstić information content (AvgIpc) is 3.25. The third-order valence-corrected chi connectivity index (χ3v) is 4.33. The van der Waals surface area contributed by atoms with Crippen molar-refractivity contribution in [2.45, 2.75) is 6.10 Å². The molecule has 2 aromatic heterocycles. The Bertz CT molecular complexity index is 996. The highest BCUT2D eigenvalue weighted by atomic mass is 16.7. The Morgan fingerprint density at radius 3 is 2.93 bits per heavy atom. The number of rotatable bonds is 5. The second-order valence-electron chi connectivity index (χ2n) is 5.99. The molecule has 3 heterocycles. The lowest BCUT2D eigenvalue weighted by atomic mass is 9.98. The van der Waals surface area contributed by atoms with Gasteiger partial charge in [-0.3, -0.25) is 4.98 Å². The fourth-order valence-electron chi connectivity index (χ4n) is 3.02. The van der Waals surface area contributed by atoms with E-state index in [-0.39, 0.29) is 18.6 Å². The first-order valence-electron chi connectivity index (χ1n) is 8.44. The van der Waals surface area contributed by atoms with Gasteiger partial charge in [-0.25, -0.2) is 4.98 Å². The average molecular weight is 363 g/mol. The molecule has 7 nitrogen and oxygen atoms in total. The third kappa shape index (κ3) is 3.40. The number of hydrogen-bond acceptors (Lipinski definition) is 7. The van der Waals surface area contributed by atoms with Crippen LogP contribution in [0.1, 0.15) is 5.69 Å². The lowest BCUT2D eigenvalue weighted by Gasteiger charge is -2.15. The molecule has 0 saturated carbocycles. The number of nitriles is 1. The number of pyridine rings is 2. The number of nitrogens with zero attached hydrogens (tertiary/aromatic N) is 3. The Balaban J connectivity index is 1.86. The van der Waals surface area contributed by atoms with Crippen molar-refractivity contribution in [2.24, 2.45) is 0 Å². The molecule has 0 amide bonds. The van der Waals surface area contributed by atoms with Crippen LogP contribution in [0.3, 0.4) is 0 Å². The van der Waals surface area contributed by atoms with E-state index in [4.69, 9.17) is 18.9 Å². The van der Waals surface area contributed by atoms with E-state index in [1.165, 1.54) is 0 Å². The van der Waals surface area contributed by atoms with Gasteiger partial charge in [-0.05, 0) is 24.3 Å². The fourth-order valence-corrected chi connectivity index (χ4v) is 3.02. The van der Waals surface area contributed by atoms with Crippen LogP contribution in [0.15, 0.2) is 42.7 Å². The molecule has 1 aliphatic heterocycles. The van der Waals surface area contributed by atoms with E-state index in [0.29, 0.717) is 30.4 Å². The molecule has 1 saturated heterocycles. The fraction of sp³-hybridized carbons (Fsp3) is 0.250. The van der Waals surface area contributed by atoms with Crippen molar-refractivity contribution in [1.29, 1.82) is 5.26 Å². The zero-order valence-corrected chi connectivity index (χ0v) is 14.7. The molecule has 0 spiro atoms. The minimum atomic E-state index is -0.149. The molecular formula is C20H17N3O4. The Hall–Kier alpha value is -3.21. The Morgan fingerprint density at radius 2 is 2.22 bits per heavy atom. The lowest BCUT2D eigenvalue weighted by molar-refractivity contribution is 0.0316. The second kappa shape index (κ2) is 7.58. The molecule has 0 bridgehead atoms. The summed E-state index contributed by atoms with van der Waals surface area (Å²) in [5.74, 6) is 1.06. The van der Waals surface area contributed by atoms with Crippen LogP contribution in [0.25, 0.3) is 21.9 Å². The summed E-state index contributed by atoms with van der Waals surface area (Å²) >= 11 is 0. The zero-order valence-electron chi connectivity index (χ0n) is 14.7. The van der Waals surface area contributed by atoms with E-state index in [0.717, 1.165) is 16.3 Å². The Kier molecular flexibility index (Phi) is 4.83. The van der Waals surface area contributed by atoms with Gasteiger partial charge < -0.3 is 18.9 Å². The van der Waals surface area contributed by atoms with Crippen LogP contribution in [0.4, 0.5) is 0 Å². The molecule has 3 aromatic rings. The number of fused-ring (bicyclic) bond motifs is 1. The van der Waals surface area contributed by atoms with Crippen LogP contribution >= 0.6 is 0 Å². The van der Waals surface area contributed by atoms with Crippen LogP contribution < -0.4 is 9.47 Å². The van der Waals surface area contributed by atoms with Gasteiger partial charge in [0.05, 0.1) is 13.7 Å². The maximum atomic E-state index is 9.71. The summed E-state index contributed by atoms with van der Waals surface area (Å²) in [5.41, 5.74) is 1.77. The van der Waals surface area contributed by atoms with Gasteiger partial charge in [0.2, 0.25) is 5.88 Å². The van der Waals surface area contributed by atoms with Gasteiger partial charge >= 0.3 is 0 Å². The Labute approximate surface area is 156 Å². The van der Waals surface area contributed by atoms with Crippen LogP contribution in [0, 0.1) is 11.3 Å². The SMILES string of the molecule is COc1ccc2c(OCC3COCO3)nc(C#N)c(-c3cccnc3)c2c1. The molecule has 1 unspecified atom stereocenters.